The smallest absolute Gasteiger partial charge is 0.174 e. The van der Waals surface area contributed by atoms with Crippen molar-refractivity contribution in [2.45, 2.75) is 63.6 Å². The molecule has 1 N–H and O–H groups in total. The minimum atomic E-state index is 0.0119. The van der Waals surface area contributed by atoms with Gasteiger partial charge in [-0.3, -0.25) is 4.98 Å². The Bertz CT molecular complexity index is 1030. The predicted molar refractivity (Wildman–Crippen MR) is 130 cm³/mol. The van der Waals surface area contributed by atoms with E-state index in [1.165, 1.54) is 36.8 Å². The first-order valence-corrected chi connectivity index (χ1v) is 11.8. The fraction of sp³-hybridized carbons (Fsp3) is 0.385. The highest BCUT2D eigenvalue weighted by molar-refractivity contribution is 7.80. The summed E-state index contributed by atoms with van der Waals surface area (Å²) in [5.74, 6) is 0.509. The third-order valence-corrected chi connectivity index (χ3v) is 7.08. The second-order valence-electron chi connectivity index (χ2n) is 9.07. The lowest BCUT2D eigenvalue weighted by atomic mass is 9.98. The molecular formula is C26H30N4S. The van der Waals surface area contributed by atoms with Gasteiger partial charge in [-0.2, -0.15) is 0 Å². The van der Waals surface area contributed by atoms with E-state index in [1.807, 2.05) is 18.3 Å². The van der Waals surface area contributed by atoms with Crippen molar-refractivity contribution in [1.82, 2.24) is 14.9 Å². The Kier molecular flexibility index (Phi) is 5.53. The minimum absolute atomic E-state index is 0.0119. The van der Waals surface area contributed by atoms with Gasteiger partial charge < -0.3 is 14.8 Å². The summed E-state index contributed by atoms with van der Waals surface area (Å²) in [4.78, 5) is 6.94. The summed E-state index contributed by atoms with van der Waals surface area (Å²) in [5, 5.41) is 4.33. The standard InChI is InChI=1S/C26H30N4S/c1-18(2)19-10-12-22(13-11-19)30-25(20-14-16-29(17-20)21-7-3-4-8-21)24(28-26(30)31)23-9-5-6-15-27-23/h5-6,9-18,21,24-25H,3-4,7-8H2,1-2H3,(H,28,31)/t24-,25+/m1/s1. The highest BCUT2D eigenvalue weighted by Gasteiger charge is 2.41. The second-order valence-corrected chi connectivity index (χ2v) is 9.46. The van der Waals surface area contributed by atoms with Crippen LogP contribution in [0.25, 0.3) is 0 Å². The Morgan fingerprint density at radius 2 is 1.81 bits per heavy atom. The Morgan fingerprint density at radius 1 is 1.03 bits per heavy atom. The number of hydrogen-bond donors (Lipinski definition) is 1. The molecule has 0 unspecified atom stereocenters. The van der Waals surface area contributed by atoms with Gasteiger partial charge in [0.25, 0.3) is 0 Å². The van der Waals surface area contributed by atoms with E-state index in [-0.39, 0.29) is 12.1 Å². The lowest BCUT2D eigenvalue weighted by Crippen LogP contribution is -2.29. The van der Waals surface area contributed by atoms with Crippen LogP contribution in [0.5, 0.6) is 0 Å². The van der Waals surface area contributed by atoms with Crippen molar-refractivity contribution in [1.29, 1.82) is 0 Å². The van der Waals surface area contributed by atoms with Crippen molar-refractivity contribution in [2.75, 3.05) is 4.90 Å². The lowest BCUT2D eigenvalue weighted by molar-refractivity contribution is 0.515. The quantitative estimate of drug-likeness (QED) is 0.482. The highest BCUT2D eigenvalue weighted by Crippen LogP contribution is 2.42. The third-order valence-electron chi connectivity index (χ3n) is 6.76. The molecule has 160 valence electrons. The summed E-state index contributed by atoms with van der Waals surface area (Å²) in [6, 6.07) is 17.9. The zero-order chi connectivity index (χ0) is 21.4. The summed E-state index contributed by atoms with van der Waals surface area (Å²) in [5.41, 5.74) is 4.76. The van der Waals surface area contributed by atoms with E-state index >= 15 is 0 Å². The van der Waals surface area contributed by atoms with Crippen molar-refractivity contribution < 1.29 is 0 Å². The maximum atomic E-state index is 5.86. The molecule has 31 heavy (non-hydrogen) atoms. The molecule has 2 aliphatic rings. The van der Waals surface area contributed by atoms with Gasteiger partial charge in [0, 0.05) is 30.3 Å². The van der Waals surface area contributed by atoms with Gasteiger partial charge in [0.2, 0.25) is 0 Å². The highest BCUT2D eigenvalue weighted by atomic mass is 32.1. The largest absolute Gasteiger partial charge is 0.351 e. The van der Waals surface area contributed by atoms with Crippen LogP contribution >= 0.6 is 12.2 Å². The van der Waals surface area contributed by atoms with Crippen molar-refractivity contribution in [3.05, 3.63) is 83.9 Å². The molecular weight excluding hydrogens is 400 g/mol. The second kappa shape index (κ2) is 8.46. The molecule has 5 heteroatoms. The maximum Gasteiger partial charge on any atom is 0.174 e. The monoisotopic (exact) mass is 430 g/mol. The SMILES string of the molecule is CC(C)c1ccc(N2C(=S)N[C@H](c3ccccn3)[C@@H]2c2ccn(C3CCCC3)c2)cc1. The number of anilines is 1. The maximum absolute atomic E-state index is 5.86. The van der Waals surface area contributed by atoms with Crippen LogP contribution < -0.4 is 10.2 Å². The number of thiocarbonyl (C=S) groups is 1. The van der Waals surface area contributed by atoms with Gasteiger partial charge in [0.15, 0.2) is 5.11 Å². The molecule has 1 saturated carbocycles. The molecule has 2 atom stereocenters. The zero-order valence-corrected chi connectivity index (χ0v) is 19.1. The van der Waals surface area contributed by atoms with Crippen LogP contribution in [0.2, 0.25) is 0 Å². The first-order chi connectivity index (χ1) is 15.1. The number of hydrogen-bond acceptors (Lipinski definition) is 2. The number of aromatic nitrogens is 2. The molecule has 3 aromatic rings. The van der Waals surface area contributed by atoms with E-state index in [0.717, 1.165) is 16.5 Å². The number of rotatable bonds is 5. The van der Waals surface area contributed by atoms with Crippen LogP contribution in [0.15, 0.2) is 67.1 Å². The van der Waals surface area contributed by atoms with Crippen LogP contribution in [0, 0.1) is 0 Å². The van der Waals surface area contributed by atoms with Gasteiger partial charge in [-0.1, -0.05) is 44.9 Å². The van der Waals surface area contributed by atoms with E-state index in [1.54, 1.807) is 0 Å². The molecule has 0 amide bonds. The average Bonchev–Trinajstić information content (AvgIpc) is 3.54. The number of nitrogens with zero attached hydrogens (tertiary/aromatic N) is 3. The van der Waals surface area contributed by atoms with Crippen molar-refractivity contribution in [3.8, 4) is 0 Å². The summed E-state index contributed by atoms with van der Waals surface area (Å²) in [6.45, 7) is 4.45. The third kappa shape index (κ3) is 3.87. The summed E-state index contributed by atoms with van der Waals surface area (Å²) < 4.78 is 2.42. The zero-order valence-electron chi connectivity index (χ0n) is 18.2. The average molecular weight is 431 g/mol. The fourth-order valence-electron chi connectivity index (χ4n) is 5.03. The molecule has 0 bridgehead atoms. The van der Waals surface area contributed by atoms with E-state index < -0.39 is 0 Å². The first-order valence-electron chi connectivity index (χ1n) is 11.4. The topological polar surface area (TPSA) is 33.1 Å². The van der Waals surface area contributed by atoms with E-state index in [9.17, 15) is 0 Å². The van der Waals surface area contributed by atoms with E-state index in [2.05, 4.69) is 82.4 Å². The fourth-order valence-corrected chi connectivity index (χ4v) is 5.37. The van der Waals surface area contributed by atoms with Crippen molar-refractivity contribution >= 4 is 23.0 Å². The number of nitrogens with one attached hydrogen (secondary N) is 1. The predicted octanol–water partition coefficient (Wildman–Crippen LogP) is 6.30. The molecule has 4 nitrogen and oxygen atoms in total. The van der Waals surface area contributed by atoms with Gasteiger partial charge in [-0.15, -0.1) is 0 Å². The van der Waals surface area contributed by atoms with Gasteiger partial charge in [-0.05, 0) is 72.4 Å². The lowest BCUT2D eigenvalue weighted by Gasteiger charge is -2.27. The van der Waals surface area contributed by atoms with E-state index in [4.69, 9.17) is 12.2 Å². The van der Waals surface area contributed by atoms with Crippen LogP contribution in [0.1, 0.15) is 80.4 Å². The van der Waals surface area contributed by atoms with E-state index in [0.29, 0.717) is 12.0 Å². The number of pyridine rings is 1. The van der Waals surface area contributed by atoms with Crippen LogP contribution in [-0.4, -0.2) is 14.7 Å². The Balaban J connectivity index is 1.54. The minimum Gasteiger partial charge on any atom is -0.351 e. The van der Waals surface area contributed by atoms with Crippen LogP contribution in [-0.2, 0) is 0 Å². The molecule has 1 saturated heterocycles. The molecule has 3 heterocycles. The van der Waals surface area contributed by atoms with Crippen LogP contribution in [0.4, 0.5) is 5.69 Å². The summed E-state index contributed by atoms with van der Waals surface area (Å²) >= 11 is 5.86. The van der Waals surface area contributed by atoms with Crippen LogP contribution in [0.3, 0.4) is 0 Å². The van der Waals surface area contributed by atoms with Gasteiger partial charge in [0.1, 0.15) is 0 Å². The number of benzene rings is 1. The summed E-state index contributed by atoms with van der Waals surface area (Å²) in [6.07, 6.45) is 11.7. The molecule has 5 rings (SSSR count). The Hall–Kier alpha value is -2.66. The normalized spacial score (nSPS) is 21.8. The molecule has 1 aliphatic heterocycles. The summed E-state index contributed by atoms with van der Waals surface area (Å²) in [7, 11) is 0. The van der Waals surface area contributed by atoms with Crippen molar-refractivity contribution in [2.24, 2.45) is 0 Å². The molecule has 1 aliphatic carbocycles. The molecule has 2 fully saturated rings. The Morgan fingerprint density at radius 3 is 2.48 bits per heavy atom. The molecule has 0 spiro atoms. The molecule has 0 radical (unpaired) electrons. The Labute approximate surface area is 190 Å². The van der Waals surface area contributed by atoms with Gasteiger partial charge >= 0.3 is 0 Å². The van der Waals surface area contributed by atoms with Gasteiger partial charge in [0.05, 0.1) is 17.8 Å². The molecule has 1 aromatic carbocycles. The van der Waals surface area contributed by atoms with Gasteiger partial charge in [-0.25, -0.2) is 0 Å². The van der Waals surface area contributed by atoms with Crippen molar-refractivity contribution in [3.63, 3.8) is 0 Å². The first kappa shape index (κ1) is 20.3. The molecule has 2 aromatic heterocycles.